The van der Waals surface area contributed by atoms with E-state index in [-0.39, 0.29) is 16.5 Å². The maximum absolute atomic E-state index is 15.8. The highest BCUT2D eigenvalue weighted by molar-refractivity contribution is 7.92. The second-order valence-corrected chi connectivity index (χ2v) is 14.8. The van der Waals surface area contributed by atoms with Crippen LogP contribution < -0.4 is 4.90 Å². The van der Waals surface area contributed by atoms with E-state index >= 15 is 4.39 Å². The molecular formula is C32H40F2N4O2S. The van der Waals surface area contributed by atoms with Crippen molar-refractivity contribution in [1.29, 1.82) is 0 Å². The molecule has 2 saturated heterocycles. The molecule has 3 aliphatic rings. The van der Waals surface area contributed by atoms with Crippen molar-refractivity contribution in [3.63, 3.8) is 0 Å². The molecule has 2 aromatic carbocycles. The van der Waals surface area contributed by atoms with Crippen molar-refractivity contribution in [3.05, 3.63) is 78.1 Å². The number of nitrogens with zero attached hydrogens (tertiary/aromatic N) is 4. The zero-order chi connectivity index (χ0) is 28.8. The molecular weight excluding hydrogens is 542 g/mol. The third-order valence-electron chi connectivity index (χ3n) is 9.54. The highest BCUT2D eigenvalue weighted by Gasteiger charge is 2.46. The molecule has 0 radical (unpaired) electrons. The summed E-state index contributed by atoms with van der Waals surface area (Å²) in [5, 5.41) is -0.230. The van der Waals surface area contributed by atoms with E-state index in [2.05, 4.69) is 28.3 Å². The molecule has 2 aliphatic heterocycles. The monoisotopic (exact) mass is 582 g/mol. The highest BCUT2D eigenvalue weighted by atomic mass is 32.2. The first-order chi connectivity index (χ1) is 19.6. The van der Waals surface area contributed by atoms with E-state index in [0.29, 0.717) is 30.4 Å². The van der Waals surface area contributed by atoms with Gasteiger partial charge in [0.05, 0.1) is 23.2 Å². The molecule has 3 fully saturated rings. The van der Waals surface area contributed by atoms with Gasteiger partial charge in [0.1, 0.15) is 11.6 Å². The van der Waals surface area contributed by atoms with Gasteiger partial charge in [0.25, 0.3) is 0 Å². The molecule has 1 aromatic heterocycles. The van der Waals surface area contributed by atoms with Crippen LogP contribution in [0, 0.1) is 11.7 Å². The second kappa shape index (κ2) is 10.8. The van der Waals surface area contributed by atoms with E-state index in [1.165, 1.54) is 6.07 Å². The molecule has 41 heavy (non-hydrogen) atoms. The summed E-state index contributed by atoms with van der Waals surface area (Å²) in [7, 11) is -3.21. The molecule has 0 amide bonds. The molecule has 1 aliphatic carbocycles. The first kappa shape index (κ1) is 28.3. The lowest BCUT2D eigenvalue weighted by Crippen LogP contribution is -2.64. The predicted molar refractivity (Wildman–Crippen MR) is 157 cm³/mol. The number of anilines is 1. The smallest absolute Gasteiger partial charge is 0.181 e. The topological polar surface area (TPSA) is 58.4 Å². The summed E-state index contributed by atoms with van der Waals surface area (Å²) in [6.07, 6.45) is 8.00. The van der Waals surface area contributed by atoms with E-state index in [9.17, 15) is 12.8 Å². The third-order valence-corrected chi connectivity index (χ3v) is 11.8. The number of halogens is 2. The van der Waals surface area contributed by atoms with Crippen molar-refractivity contribution >= 4 is 15.5 Å². The molecule has 0 bridgehead atoms. The number of benzene rings is 2. The summed E-state index contributed by atoms with van der Waals surface area (Å²) in [5.41, 5.74) is 0.297. The van der Waals surface area contributed by atoms with E-state index in [1.807, 2.05) is 23.4 Å². The molecule has 0 N–H and O–H groups in total. The summed E-state index contributed by atoms with van der Waals surface area (Å²) in [6, 6.07) is 13.9. The fourth-order valence-electron chi connectivity index (χ4n) is 6.92. The summed E-state index contributed by atoms with van der Waals surface area (Å²) in [4.78, 5) is 9.09. The van der Waals surface area contributed by atoms with Gasteiger partial charge in [-0.15, -0.1) is 0 Å². The van der Waals surface area contributed by atoms with Gasteiger partial charge in [0.2, 0.25) is 0 Å². The van der Waals surface area contributed by atoms with Crippen LogP contribution in [-0.2, 0) is 28.2 Å². The molecule has 0 spiro atoms. The Morgan fingerprint density at radius 1 is 1.05 bits per heavy atom. The van der Waals surface area contributed by atoms with Gasteiger partial charge in [-0.05, 0) is 86.7 Å². The van der Waals surface area contributed by atoms with Crippen LogP contribution in [0.2, 0.25) is 0 Å². The predicted octanol–water partition coefficient (Wildman–Crippen LogP) is 5.42. The normalized spacial score (nSPS) is 21.4. The zero-order valence-corrected chi connectivity index (χ0v) is 24.8. The number of alkyl halides is 1. The number of piperidine rings is 1. The van der Waals surface area contributed by atoms with Gasteiger partial charge < -0.3 is 9.47 Å². The van der Waals surface area contributed by atoms with Gasteiger partial charge in [0, 0.05) is 43.0 Å². The fraction of sp³-hybridized carbons (Fsp3) is 0.531. The molecule has 6 rings (SSSR count). The lowest BCUT2D eigenvalue weighted by Gasteiger charge is -2.50. The van der Waals surface area contributed by atoms with Crippen LogP contribution in [0.5, 0.6) is 0 Å². The molecule has 6 nitrogen and oxygen atoms in total. The van der Waals surface area contributed by atoms with E-state index in [0.717, 1.165) is 68.8 Å². The molecule has 9 heteroatoms. The largest absolute Gasteiger partial charge is 0.365 e. The maximum atomic E-state index is 15.8. The minimum Gasteiger partial charge on any atom is -0.365 e. The Labute approximate surface area is 242 Å². The molecule has 3 heterocycles. The summed E-state index contributed by atoms with van der Waals surface area (Å²) in [5.74, 6) is 1.13. The highest BCUT2D eigenvalue weighted by Crippen LogP contribution is 2.42. The van der Waals surface area contributed by atoms with Gasteiger partial charge >= 0.3 is 0 Å². The minimum atomic E-state index is -3.21. The van der Waals surface area contributed by atoms with E-state index in [1.54, 1.807) is 36.4 Å². The van der Waals surface area contributed by atoms with Gasteiger partial charge in [-0.1, -0.05) is 26.0 Å². The number of hydrogen-bond acceptors (Lipinski definition) is 5. The van der Waals surface area contributed by atoms with Crippen molar-refractivity contribution in [2.75, 3.05) is 37.6 Å². The Bertz CT molecular complexity index is 1470. The SMILES string of the molecule is CCc1nccn1CC(C)(c1cccc(F)c1)C1CCN(CC2(F)CN(c3ccc(S(=O)(=O)C4CC4)cc3)C2)CC1. The van der Waals surface area contributed by atoms with Crippen molar-refractivity contribution in [3.8, 4) is 0 Å². The summed E-state index contributed by atoms with van der Waals surface area (Å²) >= 11 is 0. The number of rotatable bonds is 10. The quantitative estimate of drug-likeness (QED) is 0.320. The first-order valence-corrected chi connectivity index (χ1v) is 16.4. The first-order valence-electron chi connectivity index (χ1n) is 14.9. The molecule has 1 unspecified atom stereocenters. The standard InChI is InChI=1S/C32H40F2N4O2S/c1-3-30-35-15-18-37(30)20-31(2,25-5-4-6-26(33)19-25)24-13-16-36(17-14-24)21-32(34)22-38(23-32)27-7-9-28(10-8-27)41(39,40)29-11-12-29/h4-10,15,18-19,24,29H,3,11-14,16-17,20-23H2,1-2H3. The Kier molecular flexibility index (Phi) is 7.47. The number of sulfone groups is 1. The van der Waals surface area contributed by atoms with Crippen LogP contribution in [0.15, 0.2) is 65.8 Å². The van der Waals surface area contributed by atoms with E-state index < -0.39 is 15.5 Å². The van der Waals surface area contributed by atoms with Gasteiger partial charge in [0.15, 0.2) is 15.5 Å². The summed E-state index contributed by atoms with van der Waals surface area (Å²) in [6.45, 7) is 7.68. The second-order valence-electron chi connectivity index (χ2n) is 12.5. The van der Waals surface area contributed by atoms with Gasteiger partial charge in [-0.3, -0.25) is 4.90 Å². The fourth-order valence-corrected chi connectivity index (χ4v) is 8.58. The Balaban J connectivity index is 1.07. The Morgan fingerprint density at radius 3 is 2.39 bits per heavy atom. The Hall–Kier alpha value is -2.78. The van der Waals surface area contributed by atoms with Crippen LogP contribution >= 0.6 is 0 Å². The average Bonchev–Trinajstić information content (AvgIpc) is 3.73. The Morgan fingerprint density at radius 2 is 1.76 bits per heavy atom. The number of imidazole rings is 1. The van der Waals surface area contributed by atoms with Crippen LogP contribution in [0.4, 0.5) is 14.5 Å². The molecule has 3 aromatic rings. The van der Waals surface area contributed by atoms with Crippen molar-refractivity contribution in [2.45, 2.75) is 73.7 Å². The minimum absolute atomic E-state index is 0.222. The van der Waals surface area contributed by atoms with Crippen LogP contribution in [0.3, 0.4) is 0 Å². The molecule has 1 saturated carbocycles. The lowest BCUT2D eigenvalue weighted by molar-refractivity contribution is 0.0370. The molecule has 1 atom stereocenters. The van der Waals surface area contributed by atoms with Crippen LogP contribution in [0.1, 0.15) is 50.9 Å². The van der Waals surface area contributed by atoms with Crippen LogP contribution in [-0.4, -0.2) is 66.5 Å². The number of aryl methyl sites for hydroxylation is 1. The number of aromatic nitrogens is 2. The maximum Gasteiger partial charge on any atom is 0.181 e. The van der Waals surface area contributed by atoms with Gasteiger partial charge in [-0.2, -0.15) is 0 Å². The van der Waals surface area contributed by atoms with Gasteiger partial charge in [-0.25, -0.2) is 22.2 Å². The average molecular weight is 583 g/mol. The number of hydrogen-bond donors (Lipinski definition) is 0. The molecule has 220 valence electrons. The van der Waals surface area contributed by atoms with Crippen molar-refractivity contribution in [1.82, 2.24) is 14.5 Å². The third kappa shape index (κ3) is 5.67. The van der Waals surface area contributed by atoms with E-state index in [4.69, 9.17) is 0 Å². The van der Waals surface area contributed by atoms with Crippen molar-refractivity contribution in [2.24, 2.45) is 5.92 Å². The zero-order valence-electron chi connectivity index (χ0n) is 24.0. The van der Waals surface area contributed by atoms with Crippen LogP contribution in [0.25, 0.3) is 0 Å². The summed E-state index contributed by atoms with van der Waals surface area (Å²) < 4.78 is 57.2. The van der Waals surface area contributed by atoms with Crippen molar-refractivity contribution < 1.29 is 17.2 Å². The number of likely N-dealkylation sites (tertiary alicyclic amines) is 1. The lowest BCUT2D eigenvalue weighted by atomic mass is 9.67.